The fourth-order valence-corrected chi connectivity index (χ4v) is 2.59. The number of rotatable bonds is 4. The Hall–Kier alpha value is -3.02. The standard InChI is InChI=1S/C18H19N5O/c1-12-5-4-10-19-18(12)13(2)23-11-17(21-22-23)15-6-8-16(9-7-15)20-14(3)24/h4-11,13H,1-3H3,(H,20,24)/t13-/m0/s1. The van der Waals surface area contributed by atoms with Crippen LogP contribution in [0.1, 0.15) is 31.1 Å². The number of hydrogen-bond acceptors (Lipinski definition) is 4. The van der Waals surface area contributed by atoms with E-state index in [9.17, 15) is 4.79 Å². The number of carbonyl (C=O) groups is 1. The first-order valence-electron chi connectivity index (χ1n) is 7.76. The molecule has 1 aromatic carbocycles. The molecule has 0 unspecified atom stereocenters. The lowest BCUT2D eigenvalue weighted by atomic mass is 10.1. The lowest BCUT2D eigenvalue weighted by Crippen LogP contribution is -2.10. The van der Waals surface area contributed by atoms with Crippen LogP contribution >= 0.6 is 0 Å². The summed E-state index contributed by atoms with van der Waals surface area (Å²) in [6.07, 6.45) is 3.70. The predicted molar refractivity (Wildman–Crippen MR) is 92.5 cm³/mol. The topological polar surface area (TPSA) is 72.7 Å². The lowest BCUT2D eigenvalue weighted by molar-refractivity contribution is -0.114. The average molecular weight is 321 g/mol. The van der Waals surface area contributed by atoms with E-state index in [1.54, 1.807) is 6.20 Å². The summed E-state index contributed by atoms with van der Waals surface area (Å²) in [4.78, 5) is 15.5. The number of pyridine rings is 1. The van der Waals surface area contributed by atoms with Crippen LogP contribution in [-0.2, 0) is 4.79 Å². The summed E-state index contributed by atoms with van der Waals surface area (Å²) in [6, 6.07) is 11.5. The first kappa shape index (κ1) is 15.9. The molecule has 6 heteroatoms. The molecule has 24 heavy (non-hydrogen) atoms. The Labute approximate surface area is 140 Å². The highest BCUT2D eigenvalue weighted by Gasteiger charge is 2.14. The summed E-state index contributed by atoms with van der Waals surface area (Å²) < 4.78 is 1.81. The van der Waals surface area contributed by atoms with Gasteiger partial charge in [0.2, 0.25) is 5.91 Å². The van der Waals surface area contributed by atoms with Crippen molar-refractivity contribution in [2.24, 2.45) is 0 Å². The van der Waals surface area contributed by atoms with Crippen molar-refractivity contribution in [1.82, 2.24) is 20.0 Å². The van der Waals surface area contributed by atoms with Gasteiger partial charge in [0.15, 0.2) is 0 Å². The van der Waals surface area contributed by atoms with Crippen LogP contribution in [-0.4, -0.2) is 25.9 Å². The van der Waals surface area contributed by atoms with Crippen LogP contribution < -0.4 is 5.32 Å². The molecule has 0 spiro atoms. The normalized spacial score (nSPS) is 12.0. The molecular weight excluding hydrogens is 302 g/mol. The average Bonchev–Trinajstić information content (AvgIpc) is 3.05. The second-order valence-electron chi connectivity index (χ2n) is 5.72. The third kappa shape index (κ3) is 3.32. The first-order valence-corrected chi connectivity index (χ1v) is 7.76. The number of hydrogen-bond donors (Lipinski definition) is 1. The largest absolute Gasteiger partial charge is 0.326 e. The van der Waals surface area contributed by atoms with Gasteiger partial charge in [0.25, 0.3) is 0 Å². The van der Waals surface area contributed by atoms with E-state index >= 15 is 0 Å². The number of aromatic nitrogens is 4. The van der Waals surface area contributed by atoms with Crippen LogP contribution in [0.3, 0.4) is 0 Å². The zero-order valence-corrected chi connectivity index (χ0v) is 13.9. The SMILES string of the molecule is CC(=O)Nc1ccc(-c2cn([C@@H](C)c3ncccc3C)nn2)cc1. The van der Waals surface area contributed by atoms with Gasteiger partial charge >= 0.3 is 0 Å². The fourth-order valence-electron chi connectivity index (χ4n) is 2.59. The van der Waals surface area contributed by atoms with Gasteiger partial charge < -0.3 is 5.32 Å². The summed E-state index contributed by atoms with van der Waals surface area (Å²) in [5, 5.41) is 11.2. The van der Waals surface area contributed by atoms with Crippen LogP contribution in [0.2, 0.25) is 0 Å². The van der Waals surface area contributed by atoms with Gasteiger partial charge in [-0.2, -0.15) is 0 Å². The lowest BCUT2D eigenvalue weighted by Gasteiger charge is -2.12. The molecule has 1 atom stereocenters. The van der Waals surface area contributed by atoms with Crippen molar-refractivity contribution in [2.75, 3.05) is 5.32 Å². The molecule has 0 saturated heterocycles. The van der Waals surface area contributed by atoms with Crippen molar-refractivity contribution in [3.63, 3.8) is 0 Å². The highest BCUT2D eigenvalue weighted by atomic mass is 16.1. The van der Waals surface area contributed by atoms with Gasteiger partial charge in [0, 0.05) is 24.4 Å². The monoisotopic (exact) mass is 321 g/mol. The van der Waals surface area contributed by atoms with Gasteiger partial charge in [-0.05, 0) is 37.6 Å². The van der Waals surface area contributed by atoms with Crippen molar-refractivity contribution >= 4 is 11.6 Å². The van der Waals surface area contributed by atoms with E-state index in [0.717, 1.165) is 28.2 Å². The molecule has 0 aliphatic heterocycles. The van der Waals surface area contributed by atoms with Gasteiger partial charge in [-0.25, -0.2) is 4.68 Å². The molecule has 0 bridgehead atoms. The van der Waals surface area contributed by atoms with Crippen LogP contribution in [0.15, 0.2) is 48.8 Å². The highest BCUT2D eigenvalue weighted by molar-refractivity contribution is 5.88. The van der Waals surface area contributed by atoms with Crippen LogP contribution in [0.25, 0.3) is 11.3 Å². The van der Waals surface area contributed by atoms with E-state index < -0.39 is 0 Å². The second-order valence-corrected chi connectivity index (χ2v) is 5.72. The Balaban J connectivity index is 1.83. The number of aryl methyl sites for hydroxylation is 1. The minimum Gasteiger partial charge on any atom is -0.326 e. The van der Waals surface area contributed by atoms with Crippen LogP contribution in [0.4, 0.5) is 5.69 Å². The molecule has 2 aromatic heterocycles. The summed E-state index contributed by atoms with van der Waals surface area (Å²) >= 11 is 0. The van der Waals surface area contributed by atoms with Gasteiger partial charge in [0.05, 0.1) is 17.9 Å². The fraction of sp³-hybridized carbons (Fsp3) is 0.222. The van der Waals surface area contributed by atoms with E-state index in [4.69, 9.17) is 0 Å². The van der Waals surface area contributed by atoms with Crippen molar-refractivity contribution in [2.45, 2.75) is 26.8 Å². The van der Waals surface area contributed by atoms with Crippen molar-refractivity contribution in [3.05, 3.63) is 60.0 Å². The maximum atomic E-state index is 11.1. The van der Waals surface area contributed by atoms with Crippen molar-refractivity contribution in [1.29, 1.82) is 0 Å². The molecule has 3 aromatic rings. The minimum absolute atomic E-state index is 0.00565. The minimum atomic E-state index is -0.0896. The van der Waals surface area contributed by atoms with E-state index in [2.05, 4.69) is 20.6 Å². The van der Waals surface area contributed by atoms with Crippen molar-refractivity contribution in [3.8, 4) is 11.3 Å². The maximum absolute atomic E-state index is 11.1. The Kier molecular flexibility index (Phi) is 4.37. The number of amides is 1. The number of carbonyl (C=O) groups excluding carboxylic acids is 1. The van der Waals surface area contributed by atoms with Crippen molar-refractivity contribution < 1.29 is 4.79 Å². The zero-order valence-electron chi connectivity index (χ0n) is 13.9. The molecule has 0 radical (unpaired) electrons. The van der Waals surface area contributed by atoms with Gasteiger partial charge in [0.1, 0.15) is 5.69 Å². The summed E-state index contributed by atoms with van der Waals surface area (Å²) in [5.41, 5.74) is 4.60. The Morgan fingerprint density at radius 3 is 2.62 bits per heavy atom. The molecular formula is C18H19N5O. The smallest absolute Gasteiger partial charge is 0.221 e. The van der Waals surface area contributed by atoms with Gasteiger partial charge in [-0.3, -0.25) is 9.78 Å². The van der Waals surface area contributed by atoms with E-state index in [1.165, 1.54) is 6.92 Å². The number of anilines is 1. The second kappa shape index (κ2) is 6.62. The van der Waals surface area contributed by atoms with Gasteiger partial charge in [-0.1, -0.05) is 23.4 Å². The molecule has 0 fully saturated rings. The molecule has 122 valence electrons. The molecule has 1 amide bonds. The first-order chi connectivity index (χ1) is 11.5. The van der Waals surface area contributed by atoms with Gasteiger partial charge in [-0.15, -0.1) is 5.10 Å². The van der Waals surface area contributed by atoms with E-state index in [-0.39, 0.29) is 11.9 Å². The quantitative estimate of drug-likeness (QED) is 0.801. The molecule has 0 saturated carbocycles. The molecule has 0 aliphatic rings. The molecule has 0 aliphatic carbocycles. The highest BCUT2D eigenvalue weighted by Crippen LogP contribution is 2.22. The molecule has 1 N–H and O–H groups in total. The molecule has 2 heterocycles. The molecule has 3 rings (SSSR count). The zero-order chi connectivity index (χ0) is 17.1. The van der Waals surface area contributed by atoms with E-state index in [1.807, 2.05) is 61.1 Å². The third-order valence-electron chi connectivity index (χ3n) is 3.85. The van der Waals surface area contributed by atoms with Crippen LogP contribution in [0.5, 0.6) is 0 Å². The number of benzene rings is 1. The van der Waals surface area contributed by atoms with E-state index in [0.29, 0.717) is 0 Å². The Morgan fingerprint density at radius 1 is 1.21 bits per heavy atom. The number of nitrogens with one attached hydrogen (secondary N) is 1. The Bertz CT molecular complexity index is 854. The maximum Gasteiger partial charge on any atom is 0.221 e. The summed E-state index contributed by atoms with van der Waals surface area (Å²) in [7, 11) is 0. The summed E-state index contributed by atoms with van der Waals surface area (Å²) in [6.45, 7) is 5.57. The summed E-state index contributed by atoms with van der Waals surface area (Å²) in [5.74, 6) is -0.0896. The molecule has 6 nitrogen and oxygen atoms in total. The Morgan fingerprint density at radius 2 is 1.96 bits per heavy atom. The third-order valence-corrected chi connectivity index (χ3v) is 3.85. The predicted octanol–water partition coefficient (Wildman–Crippen LogP) is 3.22. The number of nitrogens with zero attached hydrogens (tertiary/aromatic N) is 4. The van der Waals surface area contributed by atoms with Crippen LogP contribution in [0, 0.1) is 6.92 Å².